The molecule has 0 aromatic carbocycles. The van der Waals surface area contributed by atoms with Crippen LogP contribution in [0.3, 0.4) is 0 Å². The van der Waals surface area contributed by atoms with E-state index in [0.717, 1.165) is 38.5 Å². The number of carboxylic acid groups (broad SMARTS) is 1. The molecule has 4 aliphatic carbocycles. The Hall–Kier alpha value is -1.62. The summed E-state index contributed by atoms with van der Waals surface area (Å²) >= 11 is 0. The van der Waals surface area contributed by atoms with E-state index in [9.17, 15) is 15.0 Å². The van der Waals surface area contributed by atoms with Crippen molar-refractivity contribution in [3.63, 3.8) is 0 Å². The number of aliphatic carboxylic acids is 1. The maximum Gasteiger partial charge on any atom is 0.156 e. The number of carboxylic acids is 1. The van der Waals surface area contributed by atoms with Crippen LogP contribution in [0.1, 0.15) is 59.3 Å². The van der Waals surface area contributed by atoms with Gasteiger partial charge in [0.1, 0.15) is 5.71 Å². The average Bonchev–Trinajstić information content (AvgIpc) is 2.84. The summed E-state index contributed by atoms with van der Waals surface area (Å²) in [4.78, 5) is 15.3. The third-order valence-corrected chi connectivity index (χ3v) is 8.48. The Morgan fingerprint density at radius 3 is 2.74 bits per heavy atom. The summed E-state index contributed by atoms with van der Waals surface area (Å²) in [6, 6.07) is 0. The largest absolute Gasteiger partial charge is 0.546 e. The number of carbonyl (C=O) groups excluding carboxylic acids is 1. The molecule has 0 heterocycles. The van der Waals surface area contributed by atoms with Crippen LogP contribution >= 0.6 is 0 Å². The van der Waals surface area contributed by atoms with Crippen LogP contribution in [0, 0.1) is 28.6 Å². The van der Waals surface area contributed by atoms with Gasteiger partial charge in [0.2, 0.25) is 0 Å². The Balaban J connectivity index is 1.57. The van der Waals surface area contributed by atoms with E-state index >= 15 is 0 Å². The predicted octanol–water partition coefficient (Wildman–Crippen LogP) is 2.60. The zero-order chi connectivity index (χ0) is 19.4. The average molecular weight is 372 g/mol. The van der Waals surface area contributed by atoms with Crippen molar-refractivity contribution >= 4 is 11.7 Å². The summed E-state index contributed by atoms with van der Waals surface area (Å²) in [5.41, 5.74) is 1.56. The van der Waals surface area contributed by atoms with Gasteiger partial charge in [0.15, 0.2) is 6.61 Å². The number of aliphatic hydroxyl groups is 1. The molecule has 0 spiro atoms. The lowest BCUT2D eigenvalue weighted by molar-refractivity contribution is -0.309. The van der Waals surface area contributed by atoms with Gasteiger partial charge in [-0.25, -0.2) is 0 Å². The van der Waals surface area contributed by atoms with Crippen LogP contribution in [-0.2, 0) is 9.63 Å². The molecule has 0 bridgehead atoms. The van der Waals surface area contributed by atoms with Crippen LogP contribution in [0.4, 0.5) is 0 Å². The minimum Gasteiger partial charge on any atom is -0.546 e. The molecule has 148 valence electrons. The van der Waals surface area contributed by atoms with Crippen molar-refractivity contribution in [3.8, 4) is 0 Å². The molecule has 27 heavy (non-hydrogen) atoms. The Bertz CT molecular complexity index is 737. The maximum atomic E-state index is 11.0. The van der Waals surface area contributed by atoms with Gasteiger partial charge in [0, 0.05) is 5.41 Å². The second kappa shape index (κ2) is 6.20. The Kier molecular flexibility index (Phi) is 4.30. The van der Waals surface area contributed by atoms with E-state index < -0.39 is 18.2 Å². The second-order valence-electron chi connectivity index (χ2n) is 9.63. The van der Waals surface area contributed by atoms with E-state index in [4.69, 9.17) is 4.84 Å². The van der Waals surface area contributed by atoms with Crippen LogP contribution in [0.25, 0.3) is 0 Å². The Morgan fingerprint density at radius 2 is 2.00 bits per heavy atom. The normalized spacial score (nSPS) is 47.0. The van der Waals surface area contributed by atoms with E-state index in [2.05, 4.69) is 31.2 Å². The lowest BCUT2D eigenvalue weighted by Gasteiger charge is -2.58. The number of allylic oxidation sites excluding steroid dienone is 4. The van der Waals surface area contributed by atoms with Crippen molar-refractivity contribution in [2.75, 3.05) is 6.61 Å². The standard InChI is InChI=1S/C22H31NO4/c1-20-9-6-15(23-27-13-19(24)25)12-14(20)4-5-16-17(20)7-10-21(2)18(16)8-11-22(21,3)26/h6,9,12,16-18,26H,4-5,7-8,10-11,13H2,1-3H3,(H,24,25)/p-1/b23-15-/t16-,17+,18-,20-,21-,22-/m0/s1. The van der Waals surface area contributed by atoms with Gasteiger partial charge < -0.3 is 19.8 Å². The first-order chi connectivity index (χ1) is 12.7. The highest BCUT2D eigenvalue weighted by molar-refractivity contribution is 6.05. The molecule has 0 amide bonds. The summed E-state index contributed by atoms with van der Waals surface area (Å²) in [5, 5.41) is 25.4. The number of nitrogens with zero attached hydrogens (tertiary/aromatic N) is 1. The fourth-order valence-electron chi connectivity index (χ4n) is 6.67. The van der Waals surface area contributed by atoms with E-state index in [1.54, 1.807) is 0 Å². The smallest absolute Gasteiger partial charge is 0.156 e. The molecule has 3 fully saturated rings. The van der Waals surface area contributed by atoms with E-state index in [-0.39, 0.29) is 10.8 Å². The maximum absolute atomic E-state index is 11.0. The van der Waals surface area contributed by atoms with Gasteiger partial charge in [-0.15, -0.1) is 0 Å². The highest BCUT2D eigenvalue weighted by Gasteiger charge is 2.61. The van der Waals surface area contributed by atoms with Crippen molar-refractivity contribution in [2.45, 2.75) is 64.9 Å². The van der Waals surface area contributed by atoms with Crippen LogP contribution < -0.4 is 5.11 Å². The SMILES string of the molecule is C[C@]12C=C/C(=N/OCC(=O)[O-])C=C1CC[C@H]1[C@H]2CC[C@@]2(C)[C@H]1CC[C@]2(C)O. The third kappa shape index (κ3) is 2.77. The third-order valence-electron chi connectivity index (χ3n) is 8.48. The van der Waals surface area contributed by atoms with Gasteiger partial charge in [0.05, 0.1) is 11.6 Å². The summed E-state index contributed by atoms with van der Waals surface area (Å²) < 4.78 is 0. The quantitative estimate of drug-likeness (QED) is 0.772. The highest BCUT2D eigenvalue weighted by atomic mass is 16.6. The monoisotopic (exact) mass is 372 g/mol. The van der Waals surface area contributed by atoms with E-state index in [0.29, 0.717) is 23.5 Å². The molecule has 4 aliphatic rings. The van der Waals surface area contributed by atoms with Crippen LogP contribution in [0.2, 0.25) is 0 Å². The van der Waals surface area contributed by atoms with Gasteiger partial charge in [-0.05, 0) is 80.8 Å². The van der Waals surface area contributed by atoms with Gasteiger partial charge in [-0.3, -0.25) is 0 Å². The number of oxime groups is 1. The predicted molar refractivity (Wildman–Crippen MR) is 101 cm³/mol. The number of carbonyl (C=O) groups is 1. The van der Waals surface area contributed by atoms with Crippen LogP contribution in [-0.4, -0.2) is 29.0 Å². The first kappa shape index (κ1) is 18.7. The van der Waals surface area contributed by atoms with Crippen molar-refractivity contribution < 1.29 is 19.8 Å². The molecule has 0 aromatic rings. The molecular formula is C22H30NO4-. The highest BCUT2D eigenvalue weighted by Crippen LogP contribution is 2.66. The van der Waals surface area contributed by atoms with Crippen molar-refractivity contribution in [2.24, 2.45) is 33.7 Å². The first-order valence-corrected chi connectivity index (χ1v) is 10.2. The number of rotatable bonds is 3. The Morgan fingerprint density at radius 1 is 1.26 bits per heavy atom. The lowest BCUT2D eigenvalue weighted by Crippen LogP contribution is -2.53. The van der Waals surface area contributed by atoms with Gasteiger partial charge in [-0.2, -0.15) is 0 Å². The van der Waals surface area contributed by atoms with Crippen LogP contribution in [0.5, 0.6) is 0 Å². The topological polar surface area (TPSA) is 82.0 Å². The molecule has 0 aromatic heterocycles. The van der Waals surface area contributed by atoms with E-state index in [1.807, 2.05) is 13.0 Å². The Labute approximate surface area is 161 Å². The second-order valence-corrected chi connectivity index (χ2v) is 9.63. The molecule has 3 saturated carbocycles. The molecule has 4 rings (SSSR count). The van der Waals surface area contributed by atoms with Gasteiger partial charge >= 0.3 is 0 Å². The number of fused-ring (bicyclic) bond motifs is 5. The molecule has 0 unspecified atom stereocenters. The molecule has 5 heteroatoms. The number of hydrogen-bond donors (Lipinski definition) is 1. The molecular weight excluding hydrogens is 342 g/mol. The van der Waals surface area contributed by atoms with Crippen molar-refractivity contribution in [1.82, 2.24) is 0 Å². The van der Waals surface area contributed by atoms with Gasteiger partial charge in [-0.1, -0.05) is 30.7 Å². The first-order valence-electron chi connectivity index (χ1n) is 10.2. The zero-order valence-electron chi connectivity index (χ0n) is 16.5. The number of hydrogen-bond acceptors (Lipinski definition) is 5. The zero-order valence-corrected chi connectivity index (χ0v) is 16.5. The minimum atomic E-state index is -1.27. The fraction of sp³-hybridized carbons (Fsp3) is 0.727. The van der Waals surface area contributed by atoms with Crippen LogP contribution in [0.15, 0.2) is 29.0 Å². The lowest BCUT2D eigenvalue weighted by atomic mass is 9.47. The summed E-state index contributed by atoms with van der Waals surface area (Å²) in [6.07, 6.45) is 12.7. The summed E-state index contributed by atoms with van der Waals surface area (Å²) in [7, 11) is 0. The molecule has 1 N–H and O–H groups in total. The minimum absolute atomic E-state index is 0.0199. The molecule has 5 nitrogen and oxygen atoms in total. The van der Waals surface area contributed by atoms with Gasteiger partial charge in [0.25, 0.3) is 0 Å². The molecule has 0 saturated heterocycles. The van der Waals surface area contributed by atoms with E-state index in [1.165, 1.54) is 5.57 Å². The molecule has 6 atom stereocenters. The van der Waals surface area contributed by atoms with Crippen molar-refractivity contribution in [1.29, 1.82) is 0 Å². The summed E-state index contributed by atoms with van der Waals surface area (Å²) in [5.74, 6) is 0.568. The fourth-order valence-corrected chi connectivity index (χ4v) is 6.67. The summed E-state index contributed by atoms with van der Waals surface area (Å²) in [6.45, 7) is 6.16. The van der Waals surface area contributed by atoms with Crippen molar-refractivity contribution in [3.05, 3.63) is 23.8 Å². The molecule has 0 aliphatic heterocycles. The molecule has 0 radical (unpaired) electrons.